The van der Waals surface area contributed by atoms with Crippen molar-refractivity contribution in [2.75, 3.05) is 11.4 Å². The third-order valence-corrected chi connectivity index (χ3v) is 4.68. The summed E-state index contributed by atoms with van der Waals surface area (Å²) in [5.74, 6) is -0.549. The van der Waals surface area contributed by atoms with E-state index in [1.807, 2.05) is 12.1 Å². The van der Waals surface area contributed by atoms with Crippen LogP contribution in [0.4, 0.5) is 10.5 Å². The van der Waals surface area contributed by atoms with Gasteiger partial charge in [0.25, 0.3) is 11.8 Å². The topological polar surface area (TPSA) is 69.7 Å². The predicted molar refractivity (Wildman–Crippen MR) is 92.1 cm³/mol. The Morgan fingerprint density at radius 1 is 0.960 bits per heavy atom. The van der Waals surface area contributed by atoms with Crippen molar-refractivity contribution in [2.24, 2.45) is 0 Å². The monoisotopic (exact) mass is 335 g/mol. The zero-order valence-corrected chi connectivity index (χ0v) is 13.5. The van der Waals surface area contributed by atoms with Crippen LogP contribution in [0.3, 0.4) is 0 Å². The molecule has 25 heavy (non-hydrogen) atoms. The molecule has 2 aromatic rings. The van der Waals surface area contributed by atoms with Gasteiger partial charge in [0.2, 0.25) is 0 Å². The summed E-state index contributed by atoms with van der Waals surface area (Å²) < 4.78 is 0. The Balaban J connectivity index is 1.66. The first kappa shape index (κ1) is 15.4. The molecular formula is C19H17N3O3. The second-order valence-electron chi connectivity index (χ2n) is 6.16. The Kier molecular flexibility index (Phi) is 3.72. The molecule has 2 saturated heterocycles. The number of nitrogens with one attached hydrogen (secondary N) is 1. The number of carbonyl (C=O) groups excluding carboxylic acids is 3. The highest BCUT2D eigenvalue weighted by Gasteiger charge is 2.49. The summed E-state index contributed by atoms with van der Waals surface area (Å²) in [6.45, 7) is 0.442. The Morgan fingerprint density at radius 3 is 2.28 bits per heavy atom. The number of likely N-dealkylation sites (tertiary alicyclic amines) is 1. The highest BCUT2D eigenvalue weighted by atomic mass is 16.2. The molecular weight excluding hydrogens is 318 g/mol. The smallest absolute Gasteiger partial charge is 0.329 e. The number of urea groups is 1. The fraction of sp³-hybridized carbons (Fsp3) is 0.211. The fourth-order valence-electron chi connectivity index (χ4n) is 3.50. The number of nitrogens with zero attached hydrogens (tertiary/aromatic N) is 2. The quantitative estimate of drug-likeness (QED) is 0.913. The van der Waals surface area contributed by atoms with E-state index >= 15 is 0 Å². The van der Waals surface area contributed by atoms with Gasteiger partial charge in [0.05, 0.1) is 11.7 Å². The third kappa shape index (κ3) is 2.55. The molecule has 4 rings (SSSR count). The van der Waals surface area contributed by atoms with E-state index in [4.69, 9.17) is 0 Å². The lowest BCUT2D eigenvalue weighted by molar-refractivity contribution is -0.122. The number of benzene rings is 2. The summed E-state index contributed by atoms with van der Waals surface area (Å²) >= 11 is 0. The van der Waals surface area contributed by atoms with Crippen molar-refractivity contribution in [1.82, 2.24) is 10.2 Å². The molecule has 6 nitrogen and oxygen atoms in total. The summed E-state index contributed by atoms with van der Waals surface area (Å²) in [6.07, 6.45) is 0.573. The van der Waals surface area contributed by atoms with Gasteiger partial charge in [-0.2, -0.15) is 0 Å². The van der Waals surface area contributed by atoms with Crippen molar-refractivity contribution in [1.29, 1.82) is 0 Å². The molecule has 2 atom stereocenters. The van der Waals surface area contributed by atoms with Gasteiger partial charge in [-0.25, -0.2) is 9.69 Å². The molecule has 2 aliphatic heterocycles. The highest BCUT2D eigenvalue weighted by molar-refractivity contribution is 6.19. The zero-order chi connectivity index (χ0) is 17.4. The third-order valence-electron chi connectivity index (χ3n) is 4.68. The normalized spacial score (nSPS) is 22.6. The van der Waals surface area contributed by atoms with E-state index in [1.165, 1.54) is 0 Å². The van der Waals surface area contributed by atoms with Gasteiger partial charge in [0, 0.05) is 12.1 Å². The van der Waals surface area contributed by atoms with Gasteiger partial charge in [0.1, 0.15) is 6.04 Å². The number of fused-ring (bicyclic) bond motifs is 1. The summed E-state index contributed by atoms with van der Waals surface area (Å²) in [7, 11) is 0. The van der Waals surface area contributed by atoms with Crippen LogP contribution in [0.5, 0.6) is 0 Å². The van der Waals surface area contributed by atoms with Crippen LogP contribution < -0.4 is 10.2 Å². The van der Waals surface area contributed by atoms with Crippen LogP contribution in [0.25, 0.3) is 0 Å². The van der Waals surface area contributed by atoms with E-state index < -0.39 is 12.1 Å². The molecule has 0 radical (unpaired) electrons. The van der Waals surface area contributed by atoms with Gasteiger partial charge in [-0.15, -0.1) is 0 Å². The molecule has 0 aromatic heterocycles. The average Bonchev–Trinajstić information content (AvgIpc) is 3.06. The van der Waals surface area contributed by atoms with Crippen LogP contribution in [0.2, 0.25) is 0 Å². The summed E-state index contributed by atoms with van der Waals surface area (Å²) in [5, 5.41) is 2.87. The Morgan fingerprint density at radius 2 is 1.60 bits per heavy atom. The van der Waals surface area contributed by atoms with Gasteiger partial charge in [-0.1, -0.05) is 36.4 Å². The van der Waals surface area contributed by atoms with Crippen LogP contribution in [0.15, 0.2) is 60.7 Å². The van der Waals surface area contributed by atoms with Crippen LogP contribution >= 0.6 is 0 Å². The minimum absolute atomic E-state index is 0.189. The molecule has 2 fully saturated rings. The first-order chi connectivity index (χ1) is 12.2. The van der Waals surface area contributed by atoms with Crippen LogP contribution in [-0.4, -0.2) is 41.4 Å². The number of anilines is 1. The fourth-order valence-corrected chi connectivity index (χ4v) is 3.50. The molecule has 0 saturated carbocycles. The first-order valence-electron chi connectivity index (χ1n) is 8.22. The molecule has 4 amide bonds. The Hall–Kier alpha value is -3.15. The Labute approximate surface area is 145 Å². The van der Waals surface area contributed by atoms with Crippen LogP contribution in [0.1, 0.15) is 16.8 Å². The second kappa shape index (κ2) is 6.05. The van der Waals surface area contributed by atoms with Gasteiger partial charge < -0.3 is 10.2 Å². The number of amides is 4. The van der Waals surface area contributed by atoms with E-state index in [9.17, 15) is 14.4 Å². The van der Waals surface area contributed by atoms with Crippen LogP contribution in [-0.2, 0) is 4.79 Å². The van der Waals surface area contributed by atoms with Crippen molar-refractivity contribution in [3.05, 3.63) is 66.2 Å². The minimum atomic E-state index is -0.675. The molecule has 126 valence electrons. The number of hydrogen-bond acceptors (Lipinski definition) is 3. The molecule has 2 unspecified atom stereocenters. The van der Waals surface area contributed by atoms with Crippen molar-refractivity contribution in [3.63, 3.8) is 0 Å². The van der Waals surface area contributed by atoms with E-state index in [0.29, 0.717) is 24.2 Å². The van der Waals surface area contributed by atoms with Crippen molar-refractivity contribution in [2.45, 2.75) is 18.5 Å². The lowest BCUT2D eigenvalue weighted by Crippen LogP contribution is -2.65. The maximum absolute atomic E-state index is 13.0. The molecule has 0 spiro atoms. The molecule has 0 aliphatic carbocycles. The summed E-state index contributed by atoms with van der Waals surface area (Å²) in [4.78, 5) is 40.9. The lowest BCUT2D eigenvalue weighted by atomic mass is 10.0. The number of rotatable bonds is 2. The lowest BCUT2D eigenvalue weighted by Gasteiger charge is -2.36. The first-order valence-corrected chi connectivity index (χ1v) is 8.22. The van der Waals surface area contributed by atoms with Crippen molar-refractivity contribution >= 4 is 23.5 Å². The largest absolute Gasteiger partial charge is 0.332 e. The predicted octanol–water partition coefficient (Wildman–Crippen LogP) is 2.03. The molecule has 2 aliphatic rings. The van der Waals surface area contributed by atoms with Gasteiger partial charge in [0.15, 0.2) is 0 Å². The van der Waals surface area contributed by atoms with Crippen LogP contribution in [0, 0.1) is 0 Å². The highest BCUT2D eigenvalue weighted by Crippen LogP contribution is 2.28. The van der Waals surface area contributed by atoms with Gasteiger partial charge in [-0.3, -0.25) is 9.59 Å². The molecule has 2 aromatic carbocycles. The molecule has 0 bridgehead atoms. The van der Waals surface area contributed by atoms with E-state index in [2.05, 4.69) is 5.32 Å². The molecule has 1 N–H and O–H groups in total. The van der Waals surface area contributed by atoms with Crippen molar-refractivity contribution < 1.29 is 14.4 Å². The van der Waals surface area contributed by atoms with E-state index in [1.54, 1.807) is 53.4 Å². The van der Waals surface area contributed by atoms with E-state index in [-0.39, 0.29) is 17.9 Å². The van der Waals surface area contributed by atoms with Gasteiger partial charge in [-0.05, 0) is 30.7 Å². The summed E-state index contributed by atoms with van der Waals surface area (Å²) in [6, 6.07) is 16.2. The second-order valence-corrected chi connectivity index (χ2v) is 6.16. The SMILES string of the molecule is O=C1NC2CCN(C(=O)c3ccccc3)C2C(=O)N1c1ccccc1. The van der Waals surface area contributed by atoms with Crippen molar-refractivity contribution in [3.8, 4) is 0 Å². The Bertz CT molecular complexity index is 822. The zero-order valence-electron chi connectivity index (χ0n) is 13.5. The maximum atomic E-state index is 13.0. The number of imide groups is 1. The number of hydrogen-bond donors (Lipinski definition) is 1. The van der Waals surface area contributed by atoms with E-state index in [0.717, 1.165) is 4.90 Å². The number of carbonyl (C=O) groups is 3. The standard InChI is InChI=1S/C19H17N3O3/c23-17(13-7-3-1-4-8-13)21-12-11-15-16(21)18(24)22(19(25)20-15)14-9-5-2-6-10-14/h1-10,15-16H,11-12H2,(H,20,25). The average molecular weight is 335 g/mol. The molecule has 2 heterocycles. The summed E-state index contributed by atoms with van der Waals surface area (Å²) in [5.41, 5.74) is 1.04. The maximum Gasteiger partial charge on any atom is 0.329 e. The van der Waals surface area contributed by atoms with Gasteiger partial charge >= 0.3 is 6.03 Å². The molecule has 6 heteroatoms. The number of para-hydroxylation sites is 1. The minimum Gasteiger partial charge on any atom is -0.332 e.